The predicted octanol–water partition coefficient (Wildman–Crippen LogP) is 3.39. The van der Waals surface area contributed by atoms with Crippen molar-refractivity contribution in [2.45, 2.75) is 25.5 Å². The predicted molar refractivity (Wildman–Crippen MR) is 124 cm³/mol. The van der Waals surface area contributed by atoms with E-state index in [4.69, 9.17) is 9.47 Å². The van der Waals surface area contributed by atoms with Crippen molar-refractivity contribution < 1.29 is 43.4 Å². The van der Waals surface area contributed by atoms with Crippen LogP contribution in [0.15, 0.2) is 61.2 Å². The summed E-state index contributed by atoms with van der Waals surface area (Å²) in [6.45, 7) is 3.16. The van der Waals surface area contributed by atoms with Crippen LogP contribution in [-0.2, 0) is 25.7 Å². The average Bonchev–Trinajstić information content (AvgIpc) is 2.85. The molecule has 1 atom stereocenters. The molecule has 0 fully saturated rings. The molecule has 13 nitrogen and oxygen atoms in total. The average molecular weight is 501 g/mol. The van der Waals surface area contributed by atoms with Crippen LogP contribution in [0.25, 0.3) is 0 Å². The molecule has 190 valence electrons. The molecule has 0 aliphatic carbocycles. The van der Waals surface area contributed by atoms with Gasteiger partial charge in [0.05, 0.1) is 4.92 Å². The lowest BCUT2D eigenvalue weighted by atomic mass is 10.1. The second kappa shape index (κ2) is 13.7. The van der Waals surface area contributed by atoms with Gasteiger partial charge in [-0.25, -0.2) is 14.4 Å². The number of nitro benzene ring substituents is 1. The Bertz CT molecular complexity index is 1100. The van der Waals surface area contributed by atoms with Gasteiger partial charge in [0, 0.05) is 24.2 Å². The second-order valence-corrected chi connectivity index (χ2v) is 7.10. The number of carbonyl (C=O) groups is 4. The lowest BCUT2D eigenvalue weighted by Crippen LogP contribution is -2.41. The third-order valence-corrected chi connectivity index (χ3v) is 4.43. The zero-order chi connectivity index (χ0) is 26.5. The van der Waals surface area contributed by atoms with Crippen LogP contribution in [0.4, 0.5) is 21.0 Å². The fraction of sp³-hybridized carbons (Fsp3) is 0.217. The van der Waals surface area contributed by atoms with Crippen molar-refractivity contribution in [3.05, 3.63) is 76.9 Å². The van der Waals surface area contributed by atoms with Crippen molar-refractivity contribution in [1.29, 1.82) is 0 Å². The highest BCUT2D eigenvalue weighted by Crippen LogP contribution is 2.18. The lowest BCUT2D eigenvalue weighted by Gasteiger charge is -2.14. The first kappa shape index (κ1) is 27.3. The van der Waals surface area contributed by atoms with Crippen molar-refractivity contribution in [2.75, 3.05) is 11.9 Å². The van der Waals surface area contributed by atoms with Crippen molar-refractivity contribution in [3.8, 4) is 5.75 Å². The van der Waals surface area contributed by atoms with Gasteiger partial charge >= 0.3 is 18.2 Å². The quantitative estimate of drug-likeness (QED) is 0.128. The number of nitrogens with one attached hydrogen (secondary N) is 2. The molecule has 2 rings (SSSR count). The van der Waals surface area contributed by atoms with Crippen LogP contribution in [0.3, 0.4) is 0 Å². The van der Waals surface area contributed by atoms with Gasteiger partial charge < -0.3 is 30.0 Å². The molecule has 0 saturated heterocycles. The van der Waals surface area contributed by atoms with E-state index in [0.29, 0.717) is 11.3 Å². The number of rotatable bonds is 12. The van der Waals surface area contributed by atoms with E-state index in [0.717, 1.165) is 0 Å². The number of carbonyl (C=O) groups excluding carboxylic acids is 3. The summed E-state index contributed by atoms with van der Waals surface area (Å²) >= 11 is 0. The van der Waals surface area contributed by atoms with E-state index < -0.39 is 35.1 Å². The second-order valence-electron chi connectivity index (χ2n) is 7.10. The van der Waals surface area contributed by atoms with E-state index in [1.54, 1.807) is 24.3 Å². The van der Waals surface area contributed by atoms with Gasteiger partial charge in [-0.1, -0.05) is 24.8 Å². The Balaban J connectivity index is 1.77. The van der Waals surface area contributed by atoms with Gasteiger partial charge in [0.25, 0.3) is 5.69 Å². The van der Waals surface area contributed by atoms with Crippen LogP contribution < -0.4 is 15.4 Å². The highest BCUT2D eigenvalue weighted by atomic mass is 16.7. The summed E-state index contributed by atoms with van der Waals surface area (Å²) in [4.78, 5) is 56.8. The van der Waals surface area contributed by atoms with Gasteiger partial charge in [-0.2, -0.15) is 0 Å². The summed E-state index contributed by atoms with van der Waals surface area (Å²) in [7, 11) is 0. The minimum absolute atomic E-state index is 0.0812. The van der Waals surface area contributed by atoms with Gasteiger partial charge in [0.1, 0.15) is 25.0 Å². The minimum atomic E-state index is -1.31. The molecule has 0 bridgehead atoms. The first-order valence-corrected chi connectivity index (χ1v) is 10.4. The lowest BCUT2D eigenvalue weighted by molar-refractivity contribution is -0.384. The van der Waals surface area contributed by atoms with Crippen LogP contribution in [-0.4, -0.2) is 46.8 Å². The van der Waals surface area contributed by atoms with E-state index in [2.05, 4.69) is 21.9 Å². The summed E-state index contributed by atoms with van der Waals surface area (Å²) in [6.07, 6.45) is -0.952. The number of amides is 2. The molecule has 0 spiro atoms. The van der Waals surface area contributed by atoms with Crippen LogP contribution in [0, 0.1) is 10.1 Å². The molecule has 0 saturated carbocycles. The molecule has 0 aromatic heterocycles. The fourth-order valence-corrected chi connectivity index (χ4v) is 2.66. The normalized spacial score (nSPS) is 10.9. The van der Waals surface area contributed by atoms with E-state index in [9.17, 15) is 34.4 Å². The third-order valence-electron chi connectivity index (χ3n) is 4.43. The number of aliphatic carboxylic acids is 1. The Hall–Kier alpha value is -4.94. The molecule has 3 N–H and O–H groups in total. The van der Waals surface area contributed by atoms with Crippen LogP contribution in [0.5, 0.6) is 5.75 Å². The molecule has 0 heterocycles. The molecule has 2 amide bonds. The monoisotopic (exact) mass is 501 g/mol. The molecule has 36 heavy (non-hydrogen) atoms. The van der Waals surface area contributed by atoms with Crippen molar-refractivity contribution in [1.82, 2.24) is 5.32 Å². The van der Waals surface area contributed by atoms with Gasteiger partial charge in [0.15, 0.2) is 0 Å². The SMILES string of the molecule is C=CCOC(=O)NC(CCC(=O)Nc1ccc(COC(=O)Oc2ccc([N+](=O)[O-])cc2)cc1)C(=O)O. The first-order valence-electron chi connectivity index (χ1n) is 10.4. The Morgan fingerprint density at radius 3 is 2.31 bits per heavy atom. The molecule has 1 unspecified atom stereocenters. The van der Waals surface area contributed by atoms with Crippen LogP contribution in [0.2, 0.25) is 0 Å². The number of hydrogen-bond acceptors (Lipinski definition) is 9. The fourth-order valence-electron chi connectivity index (χ4n) is 2.66. The Kier molecular flexibility index (Phi) is 10.4. The Morgan fingerprint density at radius 2 is 1.72 bits per heavy atom. The van der Waals surface area contributed by atoms with Crippen molar-refractivity contribution in [3.63, 3.8) is 0 Å². The van der Waals surface area contributed by atoms with E-state index in [-0.39, 0.29) is 37.5 Å². The number of hydrogen-bond donors (Lipinski definition) is 3. The number of benzene rings is 2. The smallest absolute Gasteiger partial charge is 0.480 e. The van der Waals surface area contributed by atoms with Crippen LogP contribution in [0.1, 0.15) is 18.4 Å². The van der Waals surface area contributed by atoms with Gasteiger partial charge in [-0.15, -0.1) is 0 Å². The van der Waals surface area contributed by atoms with Gasteiger partial charge in [-0.3, -0.25) is 14.9 Å². The molecule has 2 aromatic rings. The maximum atomic E-state index is 12.1. The number of carboxylic acid groups (broad SMARTS) is 1. The topological polar surface area (TPSA) is 183 Å². The molecule has 13 heteroatoms. The first-order chi connectivity index (χ1) is 17.2. The highest BCUT2D eigenvalue weighted by molar-refractivity contribution is 5.91. The van der Waals surface area contributed by atoms with E-state index in [1.807, 2.05) is 0 Å². The molecule has 0 aliphatic heterocycles. The van der Waals surface area contributed by atoms with Crippen molar-refractivity contribution in [2.24, 2.45) is 0 Å². The number of carboxylic acids is 1. The van der Waals surface area contributed by atoms with Crippen LogP contribution >= 0.6 is 0 Å². The summed E-state index contributed by atoms with van der Waals surface area (Å²) in [5.41, 5.74) is 0.856. The number of non-ortho nitro benzene ring substituents is 1. The number of nitrogens with zero attached hydrogens (tertiary/aromatic N) is 1. The summed E-state index contributed by atoms with van der Waals surface area (Å²) in [5, 5.41) is 24.6. The largest absolute Gasteiger partial charge is 0.514 e. The maximum absolute atomic E-state index is 12.1. The number of ether oxygens (including phenoxy) is 3. The molecular formula is C23H23N3O10. The Labute approximate surface area is 204 Å². The van der Waals surface area contributed by atoms with Crippen molar-refractivity contribution >= 4 is 35.5 Å². The van der Waals surface area contributed by atoms with E-state index >= 15 is 0 Å². The highest BCUT2D eigenvalue weighted by Gasteiger charge is 2.21. The molecule has 2 aromatic carbocycles. The molecule has 0 radical (unpaired) electrons. The van der Waals surface area contributed by atoms with Gasteiger partial charge in [-0.05, 0) is 36.2 Å². The zero-order valence-corrected chi connectivity index (χ0v) is 18.9. The van der Waals surface area contributed by atoms with E-state index in [1.165, 1.54) is 30.3 Å². The third kappa shape index (κ3) is 9.51. The number of anilines is 1. The zero-order valence-electron chi connectivity index (χ0n) is 18.9. The summed E-state index contributed by atoms with van der Waals surface area (Å²) in [6, 6.07) is 9.88. The molecular weight excluding hydrogens is 478 g/mol. The summed E-state index contributed by atoms with van der Waals surface area (Å²) < 4.78 is 14.6. The number of alkyl carbamates (subject to hydrolysis) is 1. The number of nitro groups is 1. The Morgan fingerprint density at radius 1 is 1.06 bits per heavy atom. The molecule has 0 aliphatic rings. The minimum Gasteiger partial charge on any atom is -0.480 e. The standard InChI is InChI=1S/C23H23N3O10/c1-2-13-34-22(30)25-19(21(28)29)11-12-20(27)24-16-5-3-15(4-6-16)14-35-23(31)36-18-9-7-17(8-10-18)26(32)33/h2-10,19H,1,11-14H2,(H,24,27)(H,25,30)(H,28,29). The summed E-state index contributed by atoms with van der Waals surface area (Å²) in [5.74, 6) is -1.70. The van der Waals surface area contributed by atoms with Gasteiger partial charge in [0.2, 0.25) is 5.91 Å². The maximum Gasteiger partial charge on any atom is 0.514 e.